The number of morpholine rings is 1. The zero-order valence-electron chi connectivity index (χ0n) is 14.3. The summed E-state index contributed by atoms with van der Waals surface area (Å²) in [4.78, 5) is 13.7. The van der Waals surface area contributed by atoms with Crippen LogP contribution in [0.5, 0.6) is 0 Å². The molecule has 0 radical (unpaired) electrons. The SMILES string of the molecule is O=C(NCCSCc1ccco1)c1ccc(C[NH+]2CCOCC2)cc1. The molecule has 1 fully saturated rings. The van der Waals surface area contributed by atoms with Crippen LogP contribution in [0.25, 0.3) is 0 Å². The van der Waals surface area contributed by atoms with Crippen LogP contribution < -0.4 is 10.2 Å². The average Bonchev–Trinajstić information content (AvgIpc) is 3.16. The summed E-state index contributed by atoms with van der Waals surface area (Å²) < 4.78 is 10.7. The first kappa shape index (κ1) is 18.0. The Labute approximate surface area is 152 Å². The summed E-state index contributed by atoms with van der Waals surface area (Å²) in [6.45, 7) is 5.44. The zero-order chi connectivity index (χ0) is 17.3. The molecule has 3 rings (SSSR count). The summed E-state index contributed by atoms with van der Waals surface area (Å²) in [5, 5.41) is 2.97. The van der Waals surface area contributed by atoms with Gasteiger partial charge >= 0.3 is 0 Å². The minimum absolute atomic E-state index is 0.0103. The average molecular weight is 361 g/mol. The van der Waals surface area contributed by atoms with E-state index in [9.17, 15) is 4.79 Å². The van der Waals surface area contributed by atoms with E-state index >= 15 is 0 Å². The first-order valence-electron chi connectivity index (χ1n) is 8.70. The molecule has 1 amide bonds. The normalized spacial score (nSPS) is 15.2. The number of furan rings is 1. The number of carbonyl (C=O) groups excluding carboxylic acids is 1. The molecule has 2 heterocycles. The first-order valence-corrected chi connectivity index (χ1v) is 9.85. The van der Waals surface area contributed by atoms with Crippen LogP contribution in [0.2, 0.25) is 0 Å². The maximum atomic E-state index is 12.2. The zero-order valence-corrected chi connectivity index (χ0v) is 15.1. The number of rotatable bonds is 8. The fourth-order valence-electron chi connectivity index (χ4n) is 2.81. The third-order valence-corrected chi connectivity index (χ3v) is 5.21. The number of nitrogens with one attached hydrogen (secondary N) is 2. The van der Waals surface area contributed by atoms with Gasteiger partial charge in [0.2, 0.25) is 0 Å². The van der Waals surface area contributed by atoms with Gasteiger partial charge in [-0.3, -0.25) is 4.79 Å². The van der Waals surface area contributed by atoms with E-state index in [1.54, 1.807) is 18.0 Å². The summed E-state index contributed by atoms with van der Waals surface area (Å²) in [5.41, 5.74) is 1.99. The second-order valence-electron chi connectivity index (χ2n) is 6.12. The predicted octanol–water partition coefficient (Wildman–Crippen LogP) is 1.36. The molecule has 1 aliphatic rings. The monoisotopic (exact) mass is 361 g/mol. The Morgan fingerprint density at radius 3 is 2.68 bits per heavy atom. The molecule has 25 heavy (non-hydrogen) atoms. The van der Waals surface area contributed by atoms with E-state index in [2.05, 4.69) is 17.4 Å². The maximum Gasteiger partial charge on any atom is 0.251 e. The Balaban J connectivity index is 1.36. The molecular formula is C19H25N2O3S+. The smallest absolute Gasteiger partial charge is 0.251 e. The van der Waals surface area contributed by atoms with Crippen LogP contribution in [0.15, 0.2) is 47.1 Å². The van der Waals surface area contributed by atoms with Crippen LogP contribution in [0, 0.1) is 0 Å². The second-order valence-corrected chi connectivity index (χ2v) is 7.23. The van der Waals surface area contributed by atoms with Crippen molar-refractivity contribution >= 4 is 17.7 Å². The number of quaternary nitrogens is 1. The molecule has 134 valence electrons. The highest BCUT2D eigenvalue weighted by molar-refractivity contribution is 7.98. The highest BCUT2D eigenvalue weighted by Gasteiger charge is 2.14. The van der Waals surface area contributed by atoms with Crippen LogP contribution in [0.1, 0.15) is 21.7 Å². The van der Waals surface area contributed by atoms with Gasteiger partial charge in [-0.05, 0) is 24.3 Å². The minimum Gasteiger partial charge on any atom is -0.468 e. The molecule has 2 N–H and O–H groups in total. The van der Waals surface area contributed by atoms with Gasteiger partial charge in [0.15, 0.2) is 0 Å². The first-order chi connectivity index (χ1) is 12.3. The van der Waals surface area contributed by atoms with Crippen LogP contribution in [0.4, 0.5) is 0 Å². The maximum absolute atomic E-state index is 12.2. The Hall–Kier alpha value is -1.76. The van der Waals surface area contributed by atoms with Crippen LogP contribution in [0.3, 0.4) is 0 Å². The molecule has 0 unspecified atom stereocenters. The van der Waals surface area contributed by atoms with Crippen molar-refractivity contribution in [3.8, 4) is 0 Å². The van der Waals surface area contributed by atoms with Crippen molar-refractivity contribution in [1.82, 2.24) is 5.32 Å². The number of thioether (sulfide) groups is 1. The van der Waals surface area contributed by atoms with E-state index in [-0.39, 0.29) is 5.91 Å². The summed E-state index contributed by atoms with van der Waals surface area (Å²) in [7, 11) is 0. The van der Waals surface area contributed by atoms with Crippen molar-refractivity contribution in [2.75, 3.05) is 38.6 Å². The molecule has 6 heteroatoms. The Kier molecular flexibility index (Phi) is 6.97. The highest BCUT2D eigenvalue weighted by atomic mass is 32.2. The van der Waals surface area contributed by atoms with E-state index in [0.29, 0.717) is 6.54 Å². The highest BCUT2D eigenvalue weighted by Crippen LogP contribution is 2.11. The molecule has 0 atom stereocenters. The number of carbonyl (C=O) groups is 1. The fraction of sp³-hybridized carbons (Fsp3) is 0.421. The lowest BCUT2D eigenvalue weighted by Gasteiger charge is -2.23. The largest absolute Gasteiger partial charge is 0.468 e. The molecule has 1 aliphatic heterocycles. The Morgan fingerprint density at radius 2 is 1.96 bits per heavy atom. The van der Waals surface area contributed by atoms with Gasteiger partial charge in [0.25, 0.3) is 5.91 Å². The van der Waals surface area contributed by atoms with Gasteiger partial charge in [0.05, 0.1) is 25.2 Å². The summed E-state index contributed by atoms with van der Waals surface area (Å²) in [6.07, 6.45) is 1.68. The third-order valence-electron chi connectivity index (χ3n) is 4.23. The minimum atomic E-state index is -0.0103. The fourth-order valence-corrected chi connectivity index (χ4v) is 3.56. The van der Waals surface area contributed by atoms with Gasteiger partial charge in [-0.1, -0.05) is 12.1 Å². The molecule has 5 nitrogen and oxygen atoms in total. The summed E-state index contributed by atoms with van der Waals surface area (Å²) in [5.74, 6) is 2.66. The van der Waals surface area contributed by atoms with E-state index in [4.69, 9.17) is 9.15 Å². The molecule has 0 bridgehead atoms. The molecular weight excluding hydrogens is 336 g/mol. The topological polar surface area (TPSA) is 55.9 Å². The van der Waals surface area contributed by atoms with Gasteiger partial charge in [-0.15, -0.1) is 0 Å². The van der Waals surface area contributed by atoms with E-state index in [0.717, 1.165) is 55.7 Å². The lowest BCUT2D eigenvalue weighted by Crippen LogP contribution is -3.12. The summed E-state index contributed by atoms with van der Waals surface area (Å²) in [6, 6.07) is 11.8. The van der Waals surface area contributed by atoms with Crippen LogP contribution in [-0.2, 0) is 17.0 Å². The Morgan fingerprint density at radius 1 is 1.16 bits per heavy atom. The lowest BCUT2D eigenvalue weighted by atomic mass is 10.1. The number of hydrogen-bond acceptors (Lipinski definition) is 4. The van der Waals surface area contributed by atoms with Gasteiger partial charge < -0.3 is 19.4 Å². The number of hydrogen-bond donors (Lipinski definition) is 2. The quantitative estimate of drug-likeness (QED) is 0.697. The number of amides is 1. The van der Waals surface area contributed by atoms with Gasteiger partial charge in [-0.25, -0.2) is 0 Å². The molecule has 0 aliphatic carbocycles. The molecule has 1 aromatic heterocycles. The van der Waals surface area contributed by atoms with Crippen LogP contribution in [-0.4, -0.2) is 44.5 Å². The van der Waals surface area contributed by atoms with Crippen LogP contribution >= 0.6 is 11.8 Å². The van der Waals surface area contributed by atoms with E-state index in [1.807, 2.05) is 24.3 Å². The predicted molar refractivity (Wildman–Crippen MR) is 98.9 cm³/mol. The van der Waals surface area contributed by atoms with Crippen molar-refractivity contribution in [2.24, 2.45) is 0 Å². The van der Waals surface area contributed by atoms with E-state index < -0.39 is 0 Å². The van der Waals surface area contributed by atoms with Crippen molar-refractivity contribution in [1.29, 1.82) is 0 Å². The van der Waals surface area contributed by atoms with Crippen molar-refractivity contribution in [3.63, 3.8) is 0 Å². The third kappa shape index (κ3) is 5.92. The standard InChI is InChI=1S/C19H24N2O3S/c22-19(20-7-13-25-15-18-2-1-10-24-18)17-5-3-16(4-6-17)14-21-8-11-23-12-9-21/h1-6,10H,7-9,11-15H2,(H,20,22)/p+1. The van der Waals surface area contributed by atoms with Crippen molar-refractivity contribution in [3.05, 3.63) is 59.5 Å². The molecule has 1 saturated heterocycles. The lowest BCUT2D eigenvalue weighted by molar-refractivity contribution is -0.921. The van der Waals surface area contributed by atoms with Gasteiger partial charge in [-0.2, -0.15) is 11.8 Å². The second kappa shape index (κ2) is 9.65. The molecule has 0 saturated carbocycles. The van der Waals surface area contributed by atoms with E-state index in [1.165, 1.54) is 10.5 Å². The van der Waals surface area contributed by atoms with Crippen molar-refractivity contribution in [2.45, 2.75) is 12.3 Å². The number of benzene rings is 1. The van der Waals surface area contributed by atoms with Crippen molar-refractivity contribution < 1.29 is 18.8 Å². The number of ether oxygens (including phenoxy) is 1. The van der Waals surface area contributed by atoms with Gasteiger partial charge in [0, 0.05) is 23.4 Å². The molecule has 0 spiro atoms. The van der Waals surface area contributed by atoms with Gasteiger partial charge in [0.1, 0.15) is 25.4 Å². The molecule has 1 aromatic carbocycles. The Bertz CT molecular complexity index is 637. The molecule has 2 aromatic rings. The summed E-state index contributed by atoms with van der Waals surface area (Å²) >= 11 is 1.75.